The Morgan fingerprint density at radius 3 is 2.55 bits per heavy atom. The van der Waals surface area contributed by atoms with Gasteiger partial charge in [0.05, 0.1) is 5.56 Å². The fraction of sp³-hybridized carbons (Fsp3) is 0. The standard InChI is InChI=1S/C8H4O3/c9-7-5-3-1-2-4-6(5)11-8(7)10/h1-4H. The molecule has 0 atom stereocenters. The Kier molecular flexibility index (Phi) is 1.06. The lowest BCUT2D eigenvalue weighted by molar-refractivity contribution is -0.128. The van der Waals surface area contributed by atoms with E-state index in [9.17, 15) is 9.59 Å². The van der Waals surface area contributed by atoms with Gasteiger partial charge in [-0.25, -0.2) is 4.79 Å². The van der Waals surface area contributed by atoms with Gasteiger partial charge in [-0.2, -0.15) is 0 Å². The smallest absolute Gasteiger partial charge is 0.385 e. The number of ether oxygens (including phenoxy) is 1. The third kappa shape index (κ3) is 0.741. The molecule has 3 nitrogen and oxygen atoms in total. The number of Topliss-reactive ketones (excluding diaryl/α,β-unsaturated/α-hetero) is 1. The van der Waals surface area contributed by atoms with E-state index in [2.05, 4.69) is 4.74 Å². The fourth-order valence-corrected chi connectivity index (χ4v) is 0.999. The average Bonchev–Trinajstić information content (AvgIpc) is 2.30. The zero-order chi connectivity index (χ0) is 7.84. The van der Waals surface area contributed by atoms with Gasteiger partial charge >= 0.3 is 5.97 Å². The van der Waals surface area contributed by atoms with Crippen molar-refractivity contribution in [1.29, 1.82) is 0 Å². The van der Waals surface area contributed by atoms with Crippen LogP contribution in [0.3, 0.4) is 0 Å². The molecule has 1 aromatic rings. The van der Waals surface area contributed by atoms with E-state index >= 15 is 0 Å². The van der Waals surface area contributed by atoms with Crippen molar-refractivity contribution in [3.8, 4) is 5.75 Å². The number of carbonyl (C=O) groups is 2. The number of hydrogen-bond acceptors (Lipinski definition) is 3. The summed E-state index contributed by atoms with van der Waals surface area (Å²) >= 11 is 0. The topological polar surface area (TPSA) is 43.4 Å². The van der Waals surface area contributed by atoms with Crippen LogP contribution in [0.2, 0.25) is 0 Å². The van der Waals surface area contributed by atoms with Gasteiger partial charge in [-0.1, -0.05) is 12.1 Å². The molecule has 0 aliphatic carbocycles. The zero-order valence-electron chi connectivity index (χ0n) is 5.53. The Morgan fingerprint density at radius 2 is 1.82 bits per heavy atom. The largest absolute Gasteiger partial charge is 0.420 e. The highest BCUT2D eigenvalue weighted by molar-refractivity contribution is 6.44. The zero-order valence-corrected chi connectivity index (χ0v) is 5.53. The van der Waals surface area contributed by atoms with Crippen LogP contribution >= 0.6 is 0 Å². The molecular weight excluding hydrogens is 144 g/mol. The summed E-state index contributed by atoms with van der Waals surface area (Å²) in [6.45, 7) is 0. The lowest BCUT2D eigenvalue weighted by Gasteiger charge is -1.90. The fourth-order valence-electron chi connectivity index (χ4n) is 0.999. The molecule has 0 saturated carbocycles. The molecule has 0 amide bonds. The van der Waals surface area contributed by atoms with Crippen molar-refractivity contribution in [2.24, 2.45) is 0 Å². The van der Waals surface area contributed by atoms with Crippen LogP contribution < -0.4 is 4.74 Å². The minimum atomic E-state index is -0.786. The first-order valence-corrected chi connectivity index (χ1v) is 3.14. The minimum absolute atomic E-state index is 0.359. The first-order valence-electron chi connectivity index (χ1n) is 3.14. The lowest BCUT2D eigenvalue weighted by Crippen LogP contribution is -2.10. The second kappa shape index (κ2) is 1.92. The number of rotatable bonds is 0. The highest BCUT2D eigenvalue weighted by Crippen LogP contribution is 2.24. The third-order valence-electron chi connectivity index (χ3n) is 1.52. The van der Waals surface area contributed by atoms with Crippen molar-refractivity contribution >= 4 is 11.8 Å². The van der Waals surface area contributed by atoms with Gasteiger partial charge in [-0.3, -0.25) is 4.79 Å². The maximum absolute atomic E-state index is 10.9. The summed E-state index contributed by atoms with van der Waals surface area (Å²) in [5.41, 5.74) is 0.359. The second-order valence-corrected chi connectivity index (χ2v) is 2.21. The Hall–Kier alpha value is -1.64. The van der Waals surface area contributed by atoms with Gasteiger partial charge in [0.15, 0.2) is 0 Å². The summed E-state index contributed by atoms with van der Waals surface area (Å²) in [7, 11) is 0. The maximum atomic E-state index is 10.9. The van der Waals surface area contributed by atoms with Crippen LogP contribution in [-0.4, -0.2) is 11.8 Å². The summed E-state index contributed by atoms with van der Waals surface area (Å²) in [5.74, 6) is -0.977. The number of esters is 1. The Labute approximate surface area is 62.6 Å². The van der Waals surface area contributed by atoms with Crippen molar-refractivity contribution in [2.75, 3.05) is 0 Å². The van der Waals surface area contributed by atoms with Crippen molar-refractivity contribution in [3.63, 3.8) is 0 Å². The number of benzene rings is 1. The molecule has 1 aliphatic rings. The van der Waals surface area contributed by atoms with E-state index < -0.39 is 11.8 Å². The number of carbonyl (C=O) groups excluding carboxylic acids is 2. The highest BCUT2D eigenvalue weighted by atomic mass is 16.5. The van der Waals surface area contributed by atoms with Crippen LogP contribution in [0, 0.1) is 0 Å². The molecule has 0 N–H and O–H groups in total. The molecule has 0 spiro atoms. The minimum Gasteiger partial charge on any atom is -0.420 e. The van der Waals surface area contributed by atoms with Gasteiger partial charge in [0, 0.05) is 0 Å². The number of hydrogen-bond donors (Lipinski definition) is 0. The van der Waals surface area contributed by atoms with Gasteiger partial charge in [-0.05, 0) is 12.1 Å². The van der Waals surface area contributed by atoms with Gasteiger partial charge in [0.2, 0.25) is 0 Å². The molecule has 0 fully saturated rings. The van der Waals surface area contributed by atoms with Crippen LogP contribution in [-0.2, 0) is 4.79 Å². The molecule has 3 heteroatoms. The maximum Gasteiger partial charge on any atom is 0.385 e. The van der Waals surface area contributed by atoms with E-state index in [-0.39, 0.29) is 0 Å². The monoisotopic (exact) mass is 148 g/mol. The van der Waals surface area contributed by atoms with Crippen LogP contribution in [0.5, 0.6) is 5.75 Å². The molecular formula is C8H4O3. The van der Waals surface area contributed by atoms with Crippen molar-refractivity contribution < 1.29 is 14.3 Å². The van der Waals surface area contributed by atoms with Crippen LogP contribution in [0.1, 0.15) is 10.4 Å². The number of fused-ring (bicyclic) bond motifs is 1. The average molecular weight is 148 g/mol. The summed E-state index contributed by atoms with van der Waals surface area (Å²) in [6, 6.07) is 6.57. The van der Waals surface area contributed by atoms with Gasteiger partial charge < -0.3 is 4.74 Å². The van der Waals surface area contributed by atoms with Crippen LogP contribution in [0.25, 0.3) is 0 Å². The molecule has 1 aliphatic heterocycles. The Morgan fingerprint density at radius 1 is 1.09 bits per heavy atom. The SMILES string of the molecule is O=C1Oc2ccccc2C1=O. The van der Waals surface area contributed by atoms with E-state index in [1.165, 1.54) is 0 Å². The predicted octanol–water partition coefficient (Wildman–Crippen LogP) is 0.788. The molecule has 54 valence electrons. The molecule has 0 saturated heterocycles. The lowest BCUT2D eigenvalue weighted by atomic mass is 10.1. The molecule has 11 heavy (non-hydrogen) atoms. The highest BCUT2D eigenvalue weighted by Gasteiger charge is 2.29. The molecule has 0 radical (unpaired) electrons. The molecule has 0 bridgehead atoms. The van der Waals surface area contributed by atoms with Crippen molar-refractivity contribution in [1.82, 2.24) is 0 Å². The number of para-hydroxylation sites is 1. The molecule has 0 aromatic heterocycles. The summed E-state index contributed by atoms with van der Waals surface area (Å²) in [6.07, 6.45) is 0. The van der Waals surface area contributed by atoms with Crippen molar-refractivity contribution in [3.05, 3.63) is 29.8 Å². The van der Waals surface area contributed by atoms with E-state index in [1.807, 2.05) is 0 Å². The van der Waals surface area contributed by atoms with E-state index in [0.717, 1.165) is 0 Å². The third-order valence-corrected chi connectivity index (χ3v) is 1.52. The Bertz CT molecular complexity index is 341. The van der Waals surface area contributed by atoms with Crippen molar-refractivity contribution in [2.45, 2.75) is 0 Å². The predicted molar refractivity (Wildman–Crippen MR) is 36.4 cm³/mol. The summed E-state index contributed by atoms with van der Waals surface area (Å²) in [5, 5.41) is 0. The van der Waals surface area contributed by atoms with Gasteiger partial charge in [0.25, 0.3) is 5.78 Å². The van der Waals surface area contributed by atoms with E-state index in [4.69, 9.17) is 0 Å². The first kappa shape index (κ1) is 6.09. The van der Waals surface area contributed by atoms with Crippen LogP contribution in [0.15, 0.2) is 24.3 Å². The normalized spacial score (nSPS) is 14.5. The van der Waals surface area contributed by atoms with Gasteiger partial charge in [-0.15, -0.1) is 0 Å². The van der Waals surface area contributed by atoms with Gasteiger partial charge in [0.1, 0.15) is 5.75 Å². The second-order valence-electron chi connectivity index (χ2n) is 2.21. The van der Waals surface area contributed by atoms with E-state index in [0.29, 0.717) is 11.3 Å². The summed E-state index contributed by atoms with van der Waals surface area (Å²) < 4.78 is 4.63. The summed E-state index contributed by atoms with van der Waals surface area (Å²) in [4.78, 5) is 21.6. The number of ketones is 1. The van der Waals surface area contributed by atoms with E-state index in [1.54, 1.807) is 24.3 Å². The molecule has 0 unspecified atom stereocenters. The first-order chi connectivity index (χ1) is 5.29. The molecule has 2 rings (SSSR count). The molecule has 1 aromatic carbocycles. The molecule has 1 heterocycles. The Balaban J connectivity index is 2.64. The van der Waals surface area contributed by atoms with Crippen LogP contribution in [0.4, 0.5) is 0 Å². The quantitative estimate of drug-likeness (QED) is 0.310.